The third-order valence-corrected chi connectivity index (χ3v) is 3.67. The molecule has 0 aliphatic heterocycles. The number of carbonyl (C=O) groups is 1. The molecule has 0 fully saturated rings. The van der Waals surface area contributed by atoms with E-state index in [4.69, 9.17) is 0 Å². The van der Waals surface area contributed by atoms with Crippen molar-refractivity contribution in [1.29, 1.82) is 0 Å². The standard InChI is InChI=1S/C17H17N3O/c1-12-5-4-6-13(9-12)17(21)20(3)14-7-8-16-15(10-14)18-11-19(16)2/h4-11H,1-3H3. The Kier molecular flexibility index (Phi) is 3.22. The third kappa shape index (κ3) is 2.40. The summed E-state index contributed by atoms with van der Waals surface area (Å²) in [6, 6.07) is 13.5. The summed E-state index contributed by atoms with van der Waals surface area (Å²) < 4.78 is 1.96. The zero-order valence-corrected chi connectivity index (χ0v) is 12.4. The molecule has 106 valence electrons. The van der Waals surface area contributed by atoms with E-state index in [0.717, 1.165) is 22.3 Å². The first-order chi connectivity index (χ1) is 10.1. The first-order valence-electron chi connectivity index (χ1n) is 6.82. The van der Waals surface area contributed by atoms with Crippen LogP contribution in [-0.2, 0) is 7.05 Å². The Morgan fingerprint density at radius 3 is 2.76 bits per heavy atom. The van der Waals surface area contributed by atoms with E-state index in [1.54, 1.807) is 18.3 Å². The number of rotatable bonds is 2. The van der Waals surface area contributed by atoms with Crippen LogP contribution in [0, 0.1) is 6.92 Å². The summed E-state index contributed by atoms with van der Waals surface area (Å²) in [7, 11) is 3.74. The lowest BCUT2D eigenvalue weighted by Gasteiger charge is -2.17. The van der Waals surface area contributed by atoms with E-state index in [0.29, 0.717) is 5.56 Å². The van der Waals surface area contributed by atoms with Gasteiger partial charge in [0.15, 0.2) is 0 Å². The lowest BCUT2D eigenvalue weighted by Crippen LogP contribution is -2.26. The highest BCUT2D eigenvalue weighted by Gasteiger charge is 2.14. The second kappa shape index (κ2) is 5.05. The summed E-state index contributed by atoms with van der Waals surface area (Å²) in [6.07, 6.45) is 1.77. The minimum Gasteiger partial charge on any atom is -0.334 e. The second-order valence-corrected chi connectivity index (χ2v) is 5.26. The maximum absolute atomic E-state index is 12.5. The maximum Gasteiger partial charge on any atom is 0.258 e. The minimum absolute atomic E-state index is 0.0195. The first-order valence-corrected chi connectivity index (χ1v) is 6.82. The van der Waals surface area contributed by atoms with Gasteiger partial charge in [-0.25, -0.2) is 4.98 Å². The van der Waals surface area contributed by atoms with Crippen LogP contribution in [0.25, 0.3) is 11.0 Å². The van der Waals surface area contributed by atoms with E-state index in [9.17, 15) is 4.79 Å². The van der Waals surface area contributed by atoms with Gasteiger partial charge in [-0.1, -0.05) is 17.7 Å². The van der Waals surface area contributed by atoms with Gasteiger partial charge in [-0.3, -0.25) is 4.79 Å². The van der Waals surface area contributed by atoms with Gasteiger partial charge in [0.05, 0.1) is 17.4 Å². The molecule has 0 aliphatic rings. The highest BCUT2D eigenvalue weighted by molar-refractivity contribution is 6.06. The van der Waals surface area contributed by atoms with Crippen molar-refractivity contribution in [3.05, 3.63) is 59.9 Å². The highest BCUT2D eigenvalue weighted by atomic mass is 16.2. The number of aromatic nitrogens is 2. The van der Waals surface area contributed by atoms with Crippen molar-refractivity contribution in [2.45, 2.75) is 6.92 Å². The zero-order valence-electron chi connectivity index (χ0n) is 12.4. The number of nitrogens with zero attached hydrogens (tertiary/aromatic N) is 3. The molecular formula is C17H17N3O. The van der Waals surface area contributed by atoms with Crippen molar-refractivity contribution in [3.8, 4) is 0 Å². The van der Waals surface area contributed by atoms with Crippen molar-refractivity contribution >= 4 is 22.6 Å². The molecule has 21 heavy (non-hydrogen) atoms. The molecular weight excluding hydrogens is 262 g/mol. The van der Waals surface area contributed by atoms with Crippen molar-refractivity contribution in [2.75, 3.05) is 11.9 Å². The van der Waals surface area contributed by atoms with Crippen molar-refractivity contribution in [1.82, 2.24) is 9.55 Å². The number of hydrogen-bond donors (Lipinski definition) is 0. The fourth-order valence-electron chi connectivity index (χ4n) is 2.42. The fraction of sp³-hybridized carbons (Fsp3) is 0.176. The number of aryl methyl sites for hydroxylation is 2. The Hall–Kier alpha value is -2.62. The Labute approximate surface area is 123 Å². The van der Waals surface area contributed by atoms with E-state index in [2.05, 4.69) is 4.98 Å². The average Bonchev–Trinajstić information content (AvgIpc) is 2.86. The summed E-state index contributed by atoms with van der Waals surface area (Å²) in [5.74, 6) is -0.0195. The molecule has 0 unspecified atom stereocenters. The topological polar surface area (TPSA) is 38.1 Å². The van der Waals surface area contributed by atoms with Gasteiger partial charge in [0.2, 0.25) is 0 Å². The summed E-state index contributed by atoms with van der Waals surface area (Å²) in [5.41, 5.74) is 4.55. The van der Waals surface area contributed by atoms with E-state index in [1.165, 1.54) is 0 Å². The van der Waals surface area contributed by atoms with Crippen LogP contribution in [0.5, 0.6) is 0 Å². The molecule has 0 N–H and O–H groups in total. The van der Waals surface area contributed by atoms with Crippen LogP contribution in [-0.4, -0.2) is 22.5 Å². The molecule has 1 aromatic heterocycles. The van der Waals surface area contributed by atoms with E-state index in [1.807, 2.05) is 61.0 Å². The molecule has 0 saturated carbocycles. The second-order valence-electron chi connectivity index (χ2n) is 5.26. The number of amides is 1. The number of benzene rings is 2. The normalized spacial score (nSPS) is 10.8. The summed E-state index contributed by atoms with van der Waals surface area (Å²) in [4.78, 5) is 18.5. The molecule has 3 rings (SSSR count). The van der Waals surface area contributed by atoms with Crippen LogP contribution in [0.15, 0.2) is 48.8 Å². The third-order valence-electron chi connectivity index (χ3n) is 3.67. The van der Waals surface area contributed by atoms with Gasteiger partial charge in [0.1, 0.15) is 0 Å². The summed E-state index contributed by atoms with van der Waals surface area (Å²) >= 11 is 0. The van der Waals surface area contributed by atoms with Crippen LogP contribution in [0.4, 0.5) is 5.69 Å². The molecule has 2 aromatic carbocycles. The van der Waals surface area contributed by atoms with Crippen molar-refractivity contribution in [2.24, 2.45) is 7.05 Å². The lowest BCUT2D eigenvalue weighted by molar-refractivity contribution is 0.0993. The van der Waals surface area contributed by atoms with Crippen molar-refractivity contribution < 1.29 is 4.79 Å². The van der Waals surface area contributed by atoms with Crippen LogP contribution in [0.2, 0.25) is 0 Å². The fourth-order valence-corrected chi connectivity index (χ4v) is 2.42. The number of fused-ring (bicyclic) bond motifs is 1. The minimum atomic E-state index is -0.0195. The number of anilines is 1. The van der Waals surface area contributed by atoms with Gasteiger partial charge in [-0.15, -0.1) is 0 Å². The average molecular weight is 279 g/mol. The van der Waals surface area contributed by atoms with Crippen LogP contribution in [0.1, 0.15) is 15.9 Å². The van der Waals surface area contributed by atoms with Crippen LogP contribution >= 0.6 is 0 Å². The van der Waals surface area contributed by atoms with E-state index < -0.39 is 0 Å². The predicted molar refractivity (Wildman–Crippen MR) is 84.6 cm³/mol. The number of carbonyl (C=O) groups excluding carboxylic acids is 1. The molecule has 0 saturated heterocycles. The SMILES string of the molecule is Cc1cccc(C(=O)N(C)c2ccc3c(c2)ncn3C)c1. The quantitative estimate of drug-likeness (QED) is 0.722. The molecule has 0 bridgehead atoms. The Bertz CT molecular complexity index is 820. The van der Waals surface area contributed by atoms with Crippen LogP contribution < -0.4 is 4.90 Å². The Morgan fingerprint density at radius 2 is 2.00 bits per heavy atom. The smallest absolute Gasteiger partial charge is 0.258 e. The summed E-state index contributed by atoms with van der Waals surface area (Å²) in [6.45, 7) is 1.98. The van der Waals surface area contributed by atoms with E-state index >= 15 is 0 Å². The Balaban J connectivity index is 1.95. The van der Waals surface area contributed by atoms with Crippen LogP contribution in [0.3, 0.4) is 0 Å². The van der Waals surface area contributed by atoms with Gasteiger partial charge in [-0.2, -0.15) is 0 Å². The first kappa shape index (κ1) is 13.4. The largest absolute Gasteiger partial charge is 0.334 e. The van der Waals surface area contributed by atoms with Crippen molar-refractivity contribution in [3.63, 3.8) is 0 Å². The molecule has 0 aliphatic carbocycles. The molecule has 4 heteroatoms. The zero-order chi connectivity index (χ0) is 15.0. The van der Waals surface area contributed by atoms with Gasteiger partial charge in [-0.05, 0) is 37.3 Å². The number of imidazole rings is 1. The van der Waals surface area contributed by atoms with E-state index in [-0.39, 0.29) is 5.91 Å². The molecule has 0 radical (unpaired) electrons. The predicted octanol–water partition coefficient (Wildman–Crippen LogP) is 3.16. The monoisotopic (exact) mass is 279 g/mol. The lowest BCUT2D eigenvalue weighted by atomic mass is 10.1. The van der Waals surface area contributed by atoms with Gasteiger partial charge in [0.25, 0.3) is 5.91 Å². The molecule has 1 heterocycles. The van der Waals surface area contributed by atoms with Gasteiger partial charge >= 0.3 is 0 Å². The highest BCUT2D eigenvalue weighted by Crippen LogP contribution is 2.21. The molecule has 3 aromatic rings. The van der Waals surface area contributed by atoms with Gasteiger partial charge in [0, 0.05) is 25.3 Å². The van der Waals surface area contributed by atoms with Gasteiger partial charge < -0.3 is 9.47 Å². The Morgan fingerprint density at radius 1 is 1.19 bits per heavy atom. The molecule has 0 spiro atoms. The molecule has 1 amide bonds. The molecule has 0 atom stereocenters. The number of hydrogen-bond acceptors (Lipinski definition) is 2. The molecule has 4 nitrogen and oxygen atoms in total. The summed E-state index contributed by atoms with van der Waals surface area (Å²) in [5, 5.41) is 0. The maximum atomic E-state index is 12.5.